The van der Waals surface area contributed by atoms with Crippen LogP contribution >= 0.6 is 28.3 Å². The van der Waals surface area contributed by atoms with Gasteiger partial charge in [0.25, 0.3) is 0 Å². The van der Waals surface area contributed by atoms with Crippen LogP contribution < -0.4 is 11.1 Å². The van der Waals surface area contributed by atoms with E-state index in [-0.39, 0.29) is 30.6 Å². The number of nitrogens with zero attached hydrogens (tertiary/aromatic N) is 1. The maximum absolute atomic E-state index is 11.9. The molecule has 1 fully saturated rings. The van der Waals surface area contributed by atoms with Crippen LogP contribution in [0.4, 0.5) is 11.4 Å². The molecule has 1 aromatic rings. The number of anilines is 2. The minimum atomic E-state index is -3.27. The van der Waals surface area contributed by atoms with Gasteiger partial charge in [0.1, 0.15) is 0 Å². The molecule has 0 aromatic heterocycles. The average molecular weight is 399 g/mol. The first-order valence-electron chi connectivity index (χ1n) is 6.13. The Labute approximate surface area is 138 Å². The van der Waals surface area contributed by atoms with Gasteiger partial charge in [0, 0.05) is 11.0 Å². The van der Waals surface area contributed by atoms with Crippen molar-refractivity contribution in [2.75, 3.05) is 29.9 Å². The molecule has 1 aliphatic rings. The van der Waals surface area contributed by atoms with Crippen molar-refractivity contribution < 1.29 is 13.2 Å². The number of hydrogen-bond acceptors (Lipinski definition) is 4. The molecule has 1 amide bonds. The highest BCUT2D eigenvalue weighted by molar-refractivity contribution is 9.10. The van der Waals surface area contributed by atoms with Gasteiger partial charge in [-0.25, -0.2) is 8.42 Å². The number of carbonyl (C=O) groups is 1. The zero-order chi connectivity index (χ0) is 14.9. The summed E-state index contributed by atoms with van der Waals surface area (Å²) in [6.07, 6.45) is 0.563. The number of hydrogen-bond donors (Lipinski definition) is 2. The second-order valence-corrected chi connectivity index (χ2v) is 7.74. The minimum Gasteiger partial charge on any atom is -0.397 e. The smallest absolute Gasteiger partial charge is 0.239 e. The van der Waals surface area contributed by atoms with E-state index in [1.54, 1.807) is 6.07 Å². The molecule has 0 unspecified atom stereocenters. The van der Waals surface area contributed by atoms with Gasteiger partial charge in [-0.2, -0.15) is 4.31 Å². The number of nitrogen functional groups attached to an aromatic ring is 1. The van der Waals surface area contributed by atoms with Gasteiger partial charge in [0.2, 0.25) is 15.9 Å². The van der Waals surface area contributed by atoms with Crippen LogP contribution in [0.1, 0.15) is 12.0 Å². The van der Waals surface area contributed by atoms with Gasteiger partial charge in [0.15, 0.2) is 0 Å². The predicted molar refractivity (Wildman–Crippen MR) is 89.1 cm³/mol. The van der Waals surface area contributed by atoms with E-state index >= 15 is 0 Å². The van der Waals surface area contributed by atoms with Crippen molar-refractivity contribution in [3.05, 3.63) is 22.2 Å². The number of carbonyl (C=O) groups excluding carboxylic acids is 1. The SMILES string of the molecule is Cc1cc(Br)cc(NC(=O)CN2CCCS2(=O)=O)c1N.Cl. The molecule has 0 atom stereocenters. The molecule has 6 nitrogen and oxygen atoms in total. The molecule has 1 aliphatic heterocycles. The minimum absolute atomic E-state index is 0. The Hall–Kier alpha value is -0.830. The van der Waals surface area contributed by atoms with E-state index in [9.17, 15) is 13.2 Å². The fourth-order valence-electron chi connectivity index (χ4n) is 2.08. The van der Waals surface area contributed by atoms with Gasteiger partial charge in [-0.05, 0) is 31.0 Å². The predicted octanol–water partition coefficient (Wildman–Crippen LogP) is 1.74. The molecular formula is C12H17BrClN3O3S. The van der Waals surface area contributed by atoms with Gasteiger partial charge in [0.05, 0.1) is 23.7 Å². The van der Waals surface area contributed by atoms with E-state index in [2.05, 4.69) is 21.2 Å². The lowest BCUT2D eigenvalue weighted by atomic mass is 10.1. The molecule has 0 saturated carbocycles. The molecule has 1 aromatic carbocycles. The zero-order valence-electron chi connectivity index (χ0n) is 11.4. The summed E-state index contributed by atoms with van der Waals surface area (Å²) < 4.78 is 25.3. The van der Waals surface area contributed by atoms with Crippen LogP contribution in [0, 0.1) is 6.92 Å². The summed E-state index contributed by atoms with van der Waals surface area (Å²) in [7, 11) is -3.27. The molecule has 118 valence electrons. The van der Waals surface area contributed by atoms with Crippen molar-refractivity contribution in [1.82, 2.24) is 4.31 Å². The first-order chi connectivity index (χ1) is 9.29. The molecule has 0 spiro atoms. The van der Waals surface area contributed by atoms with Crippen LogP contribution in [0.5, 0.6) is 0 Å². The molecule has 1 saturated heterocycles. The molecule has 9 heteroatoms. The Kier molecular flexibility index (Phi) is 6.03. The van der Waals surface area contributed by atoms with E-state index < -0.39 is 10.0 Å². The van der Waals surface area contributed by atoms with Crippen molar-refractivity contribution in [2.45, 2.75) is 13.3 Å². The van der Waals surface area contributed by atoms with Crippen LogP contribution in [0.15, 0.2) is 16.6 Å². The molecule has 2 rings (SSSR count). The Morgan fingerprint density at radius 1 is 1.48 bits per heavy atom. The number of amides is 1. The topological polar surface area (TPSA) is 92.5 Å². The normalized spacial score (nSPS) is 17.2. The molecule has 21 heavy (non-hydrogen) atoms. The Balaban J connectivity index is 0.00000220. The third kappa shape index (κ3) is 4.32. The van der Waals surface area contributed by atoms with Crippen molar-refractivity contribution in [1.29, 1.82) is 0 Å². The first kappa shape index (κ1) is 18.2. The second-order valence-electron chi connectivity index (χ2n) is 4.74. The third-order valence-corrected chi connectivity index (χ3v) is 5.51. The lowest BCUT2D eigenvalue weighted by Gasteiger charge is -2.15. The maximum Gasteiger partial charge on any atom is 0.239 e. The quantitative estimate of drug-likeness (QED) is 0.759. The lowest BCUT2D eigenvalue weighted by molar-refractivity contribution is -0.116. The van der Waals surface area contributed by atoms with Crippen molar-refractivity contribution in [3.63, 3.8) is 0 Å². The highest BCUT2D eigenvalue weighted by Gasteiger charge is 2.29. The van der Waals surface area contributed by atoms with Crippen molar-refractivity contribution >= 4 is 55.6 Å². The Morgan fingerprint density at radius 3 is 2.71 bits per heavy atom. The number of nitrogens with two attached hydrogens (primary N) is 1. The van der Waals surface area contributed by atoms with E-state index in [0.717, 1.165) is 10.0 Å². The summed E-state index contributed by atoms with van der Waals surface area (Å²) in [5.41, 5.74) is 7.69. The summed E-state index contributed by atoms with van der Waals surface area (Å²) in [5, 5.41) is 2.66. The van der Waals surface area contributed by atoms with Crippen LogP contribution in [-0.2, 0) is 14.8 Å². The maximum atomic E-state index is 11.9. The third-order valence-electron chi connectivity index (χ3n) is 3.15. The van der Waals surface area contributed by atoms with Crippen LogP contribution in [0.3, 0.4) is 0 Å². The van der Waals surface area contributed by atoms with E-state index in [0.29, 0.717) is 24.3 Å². The number of sulfonamides is 1. The van der Waals surface area contributed by atoms with E-state index in [1.807, 2.05) is 13.0 Å². The fourth-order valence-corrected chi connectivity index (χ4v) is 4.12. The molecule has 0 radical (unpaired) electrons. The number of benzene rings is 1. The standard InChI is InChI=1S/C12H16BrN3O3S.ClH/c1-8-5-9(13)6-10(12(8)14)15-11(17)7-16-3-2-4-20(16,18)19;/h5-6H,2-4,7,14H2,1H3,(H,15,17);1H. The summed E-state index contributed by atoms with van der Waals surface area (Å²) in [6, 6.07) is 3.54. The number of nitrogens with one attached hydrogen (secondary N) is 1. The Morgan fingerprint density at radius 2 is 2.14 bits per heavy atom. The van der Waals surface area contributed by atoms with Crippen LogP contribution in [0.2, 0.25) is 0 Å². The molecule has 1 heterocycles. The van der Waals surface area contributed by atoms with Gasteiger partial charge >= 0.3 is 0 Å². The number of halogens is 2. The number of rotatable bonds is 3. The Bertz CT molecular complexity index is 651. The van der Waals surface area contributed by atoms with Gasteiger partial charge in [-0.3, -0.25) is 4.79 Å². The molecule has 0 bridgehead atoms. The highest BCUT2D eigenvalue weighted by Crippen LogP contribution is 2.27. The zero-order valence-corrected chi connectivity index (χ0v) is 14.6. The molecule has 0 aliphatic carbocycles. The van der Waals surface area contributed by atoms with Gasteiger partial charge in [-0.15, -0.1) is 12.4 Å². The average Bonchev–Trinajstić information content (AvgIpc) is 2.65. The largest absolute Gasteiger partial charge is 0.397 e. The fraction of sp³-hybridized carbons (Fsp3) is 0.417. The lowest BCUT2D eigenvalue weighted by Crippen LogP contribution is -2.34. The summed E-state index contributed by atoms with van der Waals surface area (Å²) in [4.78, 5) is 11.9. The van der Waals surface area contributed by atoms with Gasteiger partial charge < -0.3 is 11.1 Å². The number of aryl methyl sites for hydroxylation is 1. The van der Waals surface area contributed by atoms with Crippen LogP contribution in [-0.4, -0.2) is 37.5 Å². The molecule has 3 N–H and O–H groups in total. The summed E-state index contributed by atoms with van der Waals surface area (Å²) >= 11 is 3.33. The highest BCUT2D eigenvalue weighted by atomic mass is 79.9. The first-order valence-corrected chi connectivity index (χ1v) is 8.53. The van der Waals surface area contributed by atoms with Crippen molar-refractivity contribution in [3.8, 4) is 0 Å². The van der Waals surface area contributed by atoms with Crippen LogP contribution in [0.25, 0.3) is 0 Å². The summed E-state index contributed by atoms with van der Waals surface area (Å²) in [6.45, 7) is 2.05. The van der Waals surface area contributed by atoms with Crippen molar-refractivity contribution in [2.24, 2.45) is 0 Å². The van der Waals surface area contributed by atoms with E-state index in [1.165, 1.54) is 4.31 Å². The monoisotopic (exact) mass is 397 g/mol. The van der Waals surface area contributed by atoms with E-state index in [4.69, 9.17) is 5.73 Å². The molecular weight excluding hydrogens is 382 g/mol. The summed E-state index contributed by atoms with van der Waals surface area (Å²) in [5.74, 6) is -0.280. The van der Waals surface area contributed by atoms with Gasteiger partial charge in [-0.1, -0.05) is 15.9 Å². The second kappa shape index (κ2) is 6.95.